The Morgan fingerprint density at radius 1 is 1.33 bits per heavy atom. The smallest absolute Gasteiger partial charge is 0.246 e. The van der Waals surface area contributed by atoms with Crippen LogP contribution in [0.5, 0.6) is 0 Å². The first-order chi connectivity index (χ1) is 8.41. The maximum atomic E-state index is 12.3. The molecule has 0 bridgehead atoms. The van der Waals surface area contributed by atoms with Crippen LogP contribution in [0.15, 0.2) is 23.1 Å². The fraction of sp³-hybridized carbons (Fsp3) is 0.500. The van der Waals surface area contributed by atoms with Crippen LogP contribution in [-0.4, -0.2) is 26.3 Å². The average Bonchev–Trinajstić information content (AvgIpc) is 2.28. The molecular weight excluding hydrogens is 272 g/mol. The first-order valence-electron chi connectivity index (χ1n) is 5.91. The highest BCUT2D eigenvalue weighted by Gasteiger charge is 2.25. The molecule has 4 nitrogen and oxygen atoms in total. The minimum atomic E-state index is -3.60. The van der Waals surface area contributed by atoms with Gasteiger partial charge in [-0.05, 0) is 18.6 Å². The number of nitrogens with two attached hydrogens (primary N) is 1. The van der Waals surface area contributed by atoms with Crippen molar-refractivity contribution in [3.8, 4) is 0 Å². The molecule has 1 aromatic rings. The summed E-state index contributed by atoms with van der Waals surface area (Å²) in [5.74, 6) is 0. The van der Waals surface area contributed by atoms with Gasteiger partial charge in [0.1, 0.15) is 4.90 Å². The molecule has 0 aliphatic carbocycles. The summed E-state index contributed by atoms with van der Waals surface area (Å²) < 4.78 is 26.0. The summed E-state index contributed by atoms with van der Waals surface area (Å²) in [6.45, 7) is 2.54. The first kappa shape index (κ1) is 15.3. The largest absolute Gasteiger partial charge is 0.398 e. The Balaban J connectivity index is 2.99. The summed E-state index contributed by atoms with van der Waals surface area (Å²) in [6.07, 6.45) is 2.87. The van der Waals surface area contributed by atoms with Crippen molar-refractivity contribution in [3.05, 3.63) is 23.2 Å². The van der Waals surface area contributed by atoms with Gasteiger partial charge in [0.2, 0.25) is 10.0 Å². The molecule has 18 heavy (non-hydrogen) atoms. The summed E-state index contributed by atoms with van der Waals surface area (Å²) in [4.78, 5) is 0.00525. The van der Waals surface area contributed by atoms with Gasteiger partial charge in [-0.1, -0.05) is 37.4 Å². The van der Waals surface area contributed by atoms with E-state index < -0.39 is 10.0 Å². The molecule has 0 saturated carbocycles. The molecule has 0 spiro atoms. The monoisotopic (exact) mass is 290 g/mol. The Morgan fingerprint density at radius 3 is 2.56 bits per heavy atom. The second-order valence-corrected chi connectivity index (χ2v) is 6.58. The first-order valence-corrected chi connectivity index (χ1v) is 7.73. The molecule has 0 amide bonds. The molecule has 0 unspecified atom stereocenters. The van der Waals surface area contributed by atoms with Crippen LogP contribution in [0.25, 0.3) is 0 Å². The zero-order valence-electron chi connectivity index (χ0n) is 10.7. The van der Waals surface area contributed by atoms with Crippen LogP contribution in [0.2, 0.25) is 5.02 Å². The standard InChI is InChI=1S/C12H19ClN2O2S/c1-3-4-5-9-15(2)18(16,17)12-10(13)7-6-8-11(12)14/h6-8H,3-5,9,14H2,1-2H3. The van der Waals surface area contributed by atoms with E-state index in [0.717, 1.165) is 19.3 Å². The number of halogens is 1. The molecule has 6 heteroatoms. The van der Waals surface area contributed by atoms with Crippen LogP contribution in [0, 0.1) is 0 Å². The summed E-state index contributed by atoms with van der Waals surface area (Å²) >= 11 is 5.93. The van der Waals surface area contributed by atoms with E-state index in [0.29, 0.717) is 6.54 Å². The third-order valence-electron chi connectivity index (χ3n) is 2.74. The van der Waals surface area contributed by atoms with Crippen LogP contribution < -0.4 is 5.73 Å². The van der Waals surface area contributed by atoms with Crippen molar-refractivity contribution < 1.29 is 8.42 Å². The highest BCUT2D eigenvalue weighted by Crippen LogP contribution is 2.29. The highest BCUT2D eigenvalue weighted by molar-refractivity contribution is 7.89. The average molecular weight is 291 g/mol. The van der Waals surface area contributed by atoms with Gasteiger partial charge in [0, 0.05) is 13.6 Å². The van der Waals surface area contributed by atoms with Crippen LogP contribution >= 0.6 is 11.6 Å². The maximum absolute atomic E-state index is 12.3. The van der Waals surface area contributed by atoms with Gasteiger partial charge in [0.25, 0.3) is 0 Å². The van der Waals surface area contributed by atoms with E-state index in [1.165, 1.54) is 10.4 Å². The Hall–Kier alpha value is -0.780. The molecule has 1 aromatic carbocycles. The number of sulfonamides is 1. The predicted molar refractivity (Wildman–Crippen MR) is 75.2 cm³/mol. The summed E-state index contributed by atoms with van der Waals surface area (Å²) in [7, 11) is -2.06. The van der Waals surface area contributed by atoms with E-state index in [4.69, 9.17) is 17.3 Å². The topological polar surface area (TPSA) is 63.4 Å². The number of hydrogen-bond acceptors (Lipinski definition) is 3. The van der Waals surface area contributed by atoms with Crippen molar-refractivity contribution >= 4 is 27.3 Å². The van der Waals surface area contributed by atoms with Crippen LogP contribution in [0.4, 0.5) is 5.69 Å². The summed E-state index contributed by atoms with van der Waals surface area (Å²) in [6, 6.07) is 4.71. The third-order valence-corrected chi connectivity index (χ3v) is 5.14. The SMILES string of the molecule is CCCCCN(C)S(=O)(=O)c1c(N)cccc1Cl. The molecule has 1 rings (SSSR count). The van der Waals surface area contributed by atoms with Gasteiger partial charge in [-0.25, -0.2) is 12.7 Å². The fourth-order valence-electron chi connectivity index (χ4n) is 1.66. The fourth-order valence-corrected chi connectivity index (χ4v) is 3.49. The van der Waals surface area contributed by atoms with Crippen molar-refractivity contribution in [3.63, 3.8) is 0 Å². The van der Waals surface area contributed by atoms with Gasteiger partial charge in [-0.15, -0.1) is 0 Å². The number of benzene rings is 1. The van der Waals surface area contributed by atoms with E-state index in [9.17, 15) is 8.42 Å². The zero-order chi connectivity index (χ0) is 13.8. The third kappa shape index (κ3) is 3.37. The Bertz CT molecular complexity index is 483. The van der Waals surface area contributed by atoms with Crippen molar-refractivity contribution in [2.24, 2.45) is 0 Å². The van der Waals surface area contributed by atoms with Crippen LogP contribution in [0.3, 0.4) is 0 Å². The molecule has 0 fully saturated rings. The molecule has 2 N–H and O–H groups in total. The molecular formula is C12H19ClN2O2S. The van der Waals surface area contributed by atoms with Gasteiger partial charge in [-0.2, -0.15) is 0 Å². The Kier molecular flexibility index (Phi) is 5.44. The predicted octanol–water partition coefficient (Wildman–Crippen LogP) is 2.73. The molecule has 0 aliphatic heterocycles. The lowest BCUT2D eigenvalue weighted by atomic mass is 10.2. The lowest BCUT2D eigenvalue weighted by molar-refractivity contribution is 0.454. The van der Waals surface area contributed by atoms with Crippen LogP contribution in [0.1, 0.15) is 26.2 Å². The minimum Gasteiger partial charge on any atom is -0.398 e. The van der Waals surface area contributed by atoms with Crippen molar-refractivity contribution in [1.29, 1.82) is 0 Å². The highest BCUT2D eigenvalue weighted by atomic mass is 35.5. The van der Waals surface area contributed by atoms with Gasteiger partial charge in [0.05, 0.1) is 10.7 Å². The molecule has 0 aromatic heterocycles. The molecule has 0 aliphatic rings. The number of nitrogens with zero attached hydrogens (tertiary/aromatic N) is 1. The minimum absolute atomic E-state index is 0.00525. The summed E-state index contributed by atoms with van der Waals surface area (Å²) in [5.41, 5.74) is 5.89. The van der Waals surface area contributed by atoms with Crippen molar-refractivity contribution in [1.82, 2.24) is 4.31 Å². The van der Waals surface area contributed by atoms with E-state index in [1.54, 1.807) is 19.2 Å². The molecule has 0 atom stereocenters. The lowest BCUT2D eigenvalue weighted by Crippen LogP contribution is -2.28. The Morgan fingerprint density at radius 2 is 2.00 bits per heavy atom. The van der Waals surface area contributed by atoms with E-state index in [2.05, 4.69) is 6.92 Å². The van der Waals surface area contributed by atoms with Gasteiger partial charge in [0.15, 0.2) is 0 Å². The molecule has 0 radical (unpaired) electrons. The normalized spacial score (nSPS) is 12.0. The quantitative estimate of drug-likeness (QED) is 0.647. The summed E-state index contributed by atoms with van der Waals surface area (Å²) in [5, 5.41) is 0.164. The molecule has 0 saturated heterocycles. The number of rotatable bonds is 6. The maximum Gasteiger partial charge on any atom is 0.246 e. The van der Waals surface area contributed by atoms with Gasteiger partial charge >= 0.3 is 0 Å². The van der Waals surface area contributed by atoms with Crippen LogP contribution in [-0.2, 0) is 10.0 Å². The number of hydrogen-bond donors (Lipinski definition) is 1. The van der Waals surface area contributed by atoms with Gasteiger partial charge in [-0.3, -0.25) is 0 Å². The Labute approximate surface area is 114 Å². The molecule has 102 valence electrons. The second-order valence-electron chi connectivity index (χ2n) is 4.19. The molecule has 0 heterocycles. The van der Waals surface area contributed by atoms with Crippen molar-refractivity contribution in [2.75, 3.05) is 19.3 Å². The number of nitrogen functional groups attached to an aromatic ring is 1. The van der Waals surface area contributed by atoms with E-state index in [1.807, 2.05) is 0 Å². The number of unbranched alkanes of at least 4 members (excludes halogenated alkanes) is 2. The van der Waals surface area contributed by atoms with E-state index >= 15 is 0 Å². The van der Waals surface area contributed by atoms with Gasteiger partial charge < -0.3 is 5.73 Å². The second kappa shape index (κ2) is 6.41. The van der Waals surface area contributed by atoms with E-state index in [-0.39, 0.29) is 15.6 Å². The number of anilines is 1. The van der Waals surface area contributed by atoms with Crippen molar-refractivity contribution in [2.45, 2.75) is 31.1 Å². The lowest BCUT2D eigenvalue weighted by Gasteiger charge is -2.19. The zero-order valence-corrected chi connectivity index (χ0v) is 12.3.